The number of ether oxygens (including phenoxy) is 1. The number of rotatable bonds is 4. The molecule has 1 aromatic carbocycles. The van der Waals surface area contributed by atoms with Crippen LogP contribution in [0.1, 0.15) is 16.1 Å². The Bertz CT molecular complexity index is 644. The average Bonchev–Trinajstić information content (AvgIpc) is 2.38. The van der Waals surface area contributed by atoms with Gasteiger partial charge in [-0.1, -0.05) is 18.2 Å². The lowest BCUT2D eigenvalue weighted by Crippen LogP contribution is -2.05. The molecule has 2 aromatic rings. The van der Waals surface area contributed by atoms with Gasteiger partial charge in [-0.2, -0.15) is 8.78 Å². The van der Waals surface area contributed by atoms with Gasteiger partial charge < -0.3 is 9.84 Å². The minimum atomic E-state index is -2.98. The fourth-order valence-electron chi connectivity index (χ4n) is 1.84. The van der Waals surface area contributed by atoms with Crippen LogP contribution in [0.25, 0.3) is 11.1 Å². The zero-order chi connectivity index (χ0) is 14.7. The number of carbonyl (C=O) groups is 1. The number of nitrogens with zero attached hydrogens (tertiary/aromatic N) is 1. The van der Waals surface area contributed by atoms with E-state index in [1.807, 2.05) is 0 Å². The Kier molecular flexibility index (Phi) is 3.93. The first-order chi connectivity index (χ1) is 9.49. The van der Waals surface area contributed by atoms with Crippen LogP contribution in [0, 0.1) is 6.92 Å². The number of aryl methyl sites for hydroxylation is 1. The first-order valence-corrected chi connectivity index (χ1v) is 5.73. The van der Waals surface area contributed by atoms with Crippen molar-refractivity contribution in [2.24, 2.45) is 0 Å². The van der Waals surface area contributed by atoms with Gasteiger partial charge in [-0.25, -0.2) is 4.79 Å². The van der Waals surface area contributed by atoms with Gasteiger partial charge in [0.05, 0.1) is 5.56 Å². The third kappa shape index (κ3) is 2.90. The number of hydrogen-bond donors (Lipinski definition) is 1. The molecule has 1 aromatic heterocycles. The molecule has 2 rings (SSSR count). The predicted molar refractivity (Wildman–Crippen MR) is 68.0 cm³/mol. The highest BCUT2D eigenvalue weighted by molar-refractivity contribution is 5.96. The lowest BCUT2D eigenvalue weighted by molar-refractivity contribution is -0.0494. The molecule has 0 aliphatic carbocycles. The smallest absolute Gasteiger partial charge is 0.387 e. The van der Waals surface area contributed by atoms with Crippen molar-refractivity contribution in [2.75, 3.05) is 0 Å². The molecule has 0 spiro atoms. The van der Waals surface area contributed by atoms with Crippen LogP contribution in [-0.4, -0.2) is 22.7 Å². The Morgan fingerprint density at radius 2 is 2.00 bits per heavy atom. The molecule has 0 aliphatic rings. The Balaban J connectivity index is 2.62. The molecule has 0 bridgehead atoms. The van der Waals surface area contributed by atoms with Crippen molar-refractivity contribution in [2.45, 2.75) is 13.5 Å². The standard InChI is InChI=1S/C14H11F2NO3/c1-8-6-10(11(7-17-8)13(18)19)9-4-2-3-5-12(9)20-14(15)16/h2-7,14H,1H3,(H,18,19). The van der Waals surface area contributed by atoms with E-state index in [1.165, 1.54) is 30.5 Å². The summed E-state index contributed by atoms with van der Waals surface area (Å²) in [6, 6.07) is 7.57. The topological polar surface area (TPSA) is 59.4 Å². The van der Waals surface area contributed by atoms with Crippen molar-refractivity contribution in [3.8, 4) is 16.9 Å². The highest BCUT2D eigenvalue weighted by atomic mass is 19.3. The molecule has 4 nitrogen and oxygen atoms in total. The predicted octanol–water partition coefficient (Wildman–Crippen LogP) is 3.36. The molecule has 6 heteroatoms. The number of carboxylic acid groups (broad SMARTS) is 1. The summed E-state index contributed by atoms with van der Waals surface area (Å²) in [5.74, 6) is -1.25. The number of para-hydroxylation sites is 1. The average molecular weight is 279 g/mol. The Morgan fingerprint density at radius 1 is 1.30 bits per heavy atom. The second-order valence-electron chi connectivity index (χ2n) is 4.05. The van der Waals surface area contributed by atoms with Gasteiger partial charge in [0.1, 0.15) is 5.75 Å². The molecule has 0 unspecified atom stereocenters. The van der Waals surface area contributed by atoms with E-state index in [9.17, 15) is 13.6 Å². The normalized spacial score (nSPS) is 10.6. The highest BCUT2D eigenvalue weighted by Gasteiger charge is 2.17. The number of alkyl halides is 2. The van der Waals surface area contributed by atoms with Gasteiger partial charge in [0, 0.05) is 23.0 Å². The van der Waals surface area contributed by atoms with Gasteiger partial charge in [-0.3, -0.25) is 4.98 Å². The minimum Gasteiger partial charge on any atom is -0.478 e. The Morgan fingerprint density at radius 3 is 2.65 bits per heavy atom. The van der Waals surface area contributed by atoms with Crippen molar-refractivity contribution in [1.82, 2.24) is 4.98 Å². The zero-order valence-electron chi connectivity index (χ0n) is 10.5. The number of halogens is 2. The third-order valence-electron chi connectivity index (χ3n) is 2.66. The SMILES string of the molecule is Cc1cc(-c2ccccc2OC(F)F)c(C(=O)O)cn1. The van der Waals surface area contributed by atoms with E-state index in [-0.39, 0.29) is 16.9 Å². The number of benzene rings is 1. The largest absolute Gasteiger partial charge is 0.478 e. The van der Waals surface area contributed by atoms with E-state index in [1.54, 1.807) is 13.0 Å². The summed E-state index contributed by atoms with van der Waals surface area (Å²) < 4.78 is 29.2. The van der Waals surface area contributed by atoms with Crippen LogP contribution in [0.4, 0.5) is 8.78 Å². The van der Waals surface area contributed by atoms with E-state index >= 15 is 0 Å². The van der Waals surface area contributed by atoms with Gasteiger partial charge in [-0.15, -0.1) is 0 Å². The maximum atomic E-state index is 12.4. The second kappa shape index (κ2) is 5.64. The molecule has 0 saturated carbocycles. The number of carboxylic acids is 1. The van der Waals surface area contributed by atoms with Gasteiger partial charge in [-0.05, 0) is 19.1 Å². The molecular formula is C14H11F2NO3. The highest BCUT2D eigenvalue weighted by Crippen LogP contribution is 2.33. The van der Waals surface area contributed by atoms with Crippen LogP contribution in [0.5, 0.6) is 5.75 Å². The van der Waals surface area contributed by atoms with Crippen LogP contribution < -0.4 is 4.74 Å². The van der Waals surface area contributed by atoms with Gasteiger partial charge in [0.15, 0.2) is 0 Å². The lowest BCUT2D eigenvalue weighted by atomic mass is 10.00. The molecule has 0 radical (unpaired) electrons. The van der Waals surface area contributed by atoms with E-state index in [0.29, 0.717) is 11.3 Å². The molecule has 0 aliphatic heterocycles. The second-order valence-corrected chi connectivity index (χ2v) is 4.05. The summed E-state index contributed by atoms with van der Waals surface area (Å²) in [7, 11) is 0. The molecule has 20 heavy (non-hydrogen) atoms. The van der Waals surface area contributed by atoms with Gasteiger partial charge >= 0.3 is 12.6 Å². The van der Waals surface area contributed by atoms with Crippen molar-refractivity contribution in [1.29, 1.82) is 0 Å². The van der Waals surface area contributed by atoms with Crippen LogP contribution in [0.15, 0.2) is 36.5 Å². The molecule has 0 atom stereocenters. The summed E-state index contributed by atoms with van der Waals surface area (Å²) in [5.41, 5.74) is 1.09. The maximum Gasteiger partial charge on any atom is 0.387 e. The summed E-state index contributed by atoms with van der Waals surface area (Å²) >= 11 is 0. The number of aromatic nitrogens is 1. The van der Waals surface area contributed by atoms with Crippen LogP contribution in [0.3, 0.4) is 0 Å². The van der Waals surface area contributed by atoms with Crippen molar-refractivity contribution in [3.05, 3.63) is 47.8 Å². The first kappa shape index (κ1) is 13.9. The lowest BCUT2D eigenvalue weighted by Gasteiger charge is -2.12. The molecule has 104 valence electrons. The Labute approximate surface area is 113 Å². The molecule has 0 amide bonds. The first-order valence-electron chi connectivity index (χ1n) is 5.73. The molecule has 0 fully saturated rings. The van der Waals surface area contributed by atoms with Crippen molar-refractivity contribution in [3.63, 3.8) is 0 Å². The van der Waals surface area contributed by atoms with Crippen LogP contribution in [0.2, 0.25) is 0 Å². The van der Waals surface area contributed by atoms with E-state index in [0.717, 1.165) is 0 Å². The van der Waals surface area contributed by atoms with Gasteiger partial charge in [0.2, 0.25) is 0 Å². The van der Waals surface area contributed by atoms with E-state index in [4.69, 9.17) is 5.11 Å². The number of hydrogen-bond acceptors (Lipinski definition) is 3. The van der Waals surface area contributed by atoms with Crippen LogP contribution in [-0.2, 0) is 0 Å². The third-order valence-corrected chi connectivity index (χ3v) is 2.66. The Hall–Kier alpha value is -2.50. The summed E-state index contributed by atoms with van der Waals surface area (Å²) in [6.45, 7) is -1.29. The fourth-order valence-corrected chi connectivity index (χ4v) is 1.84. The van der Waals surface area contributed by atoms with Crippen molar-refractivity contribution < 1.29 is 23.4 Å². The maximum absolute atomic E-state index is 12.4. The number of pyridine rings is 1. The quantitative estimate of drug-likeness (QED) is 0.932. The van der Waals surface area contributed by atoms with Crippen molar-refractivity contribution >= 4 is 5.97 Å². The van der Waals surface area contributed by atoms with Gasteiger partial charge in [0.25, 0.3) is 0 Å². The molecule has 0 saturated heterocycles. The number of aromatic carboxylic acids is 1. The summed E-state index contributed by atoms with van der Waals surface area (Å²) in [5, 5.41) is 9.16. The minimum absolute atomic E-state index is 0.0686. The molecule has 1 heterocycles. The van der Waals surface area contributed by atoms with E-state index < -0.39 is 12.6 Å². The zero-order valence-corrected chi connectivity index (χ0v) is 10.5. The molecular weight excluding hydrogens is 268 g/mol. The summed E-state index contributed by atoms with van der Waals surface area (Å²) in [4.78, 5) is 15.1. The monoisotopic (exact) mass is 279 g/mol. The van der Waals surface area contributed by atoms with E-state index in [2.05, 4.69) is 9.72 Å². The fraction of sp³-hybridized carbons (Fsp3) is 0.143. The van der Waals surface area contributed by atoms with Crippen LogP contribution >= 0.6 is 0 Å². The summed E-state index contributed by atoms with van der Waals surface area (Å²) in [6.07, 6.45) is 1.20. The molecule has 1 N–H and O–H groups in total.